The van der Waals surface area contributed by atoms with E-state index in [1.165, 1.54) is 5.56 Å². The van der Waals surface area contributed by atoms with Crippen LogP contribution in [0.2, 0.25) is 0 Å². The molecule has 0 bridgehead atoms. The Morgan fingerprint density at radius 3 is 2.56 bits per heavy atom. The molecular weight excluding hydrogens is 336 g/mol. The van der Waals surface area contributed by atoms with Crippen molar-refractivity contribution >= 4 is 11.7 Å². The number of benzene rings is 2. The number of para-hydroxylation sites is 1. The molecule has 1 fully saturated rings. The van der Waals surface area contributed by atoms with Gasteiger partial charge in [0.2, 0.25) is 5.91 Å². The van der Waals surface area contributed by atoms with Crippen LogP contribution in [0.3, 0.4) is 0 Å². The van der Waals surface area contributed by atoms with Crippen LogP contribution in [0.15, 0.2) is 72.9 Å². The molecule has 3 aromatic rings. The summed E-state index contributed by atoms with van der Waals surface area (Å²) in [6.07, 6.45) is 3.84. The highest BCUT2D eigenvalue weighted by Crippen LogP contribution is 2.20. The number of rotatable bonds is 5. The Bertz CT molecular complexity index is 876. The van der Waals surface area contributed by atoms with Crippen molar-refractivity contribution < 1.29 is 4.79 Å². The molecule has 1 aliphatic heterocycles. The van der Waals surface area contributed by atoms with Crippen molar-refractivity contribution in [2.24, 2.45) is 5.92 Å². The molecule has 0 radical (unpaired) electrons. The van der Waals surface area contributed by atoms with Gasteiger partial charge in [-0.15, -0.1) is 0 Å². The Morgan fingerprint density at radius 2 is 1.78 bits per heavy atom. The van der Waals surface area contributed by atoms with Crippen molar-refractivity contribution in [2.75, 3.05) is 18.4 Å². The van der Waals surface area contributed by atoms with Gasteiger partial charge in [-0.1, -0.05) is 48.5 Å². The number of likely N-dealkylation sites (tertiary alicyclic amines) is 1. The third-order valence-electron chi connectivity index (χ3n) is 4.99. The van der Waals surface area contributed by atoms with Crippen molar-refractivity contribution in [2.45, 2.75) is 19.4 Å². The minimum Gasteiger partial charge on any atom is -0.309 e. The zero-order chi connectivity index (χ0) is 18.5. The minimum absolute atomic E-state index is 0.00402. The molecule has 0 saturated carbocycles. The Hall–Kier alpha value is -2.92. The fourth-order valence-corrected chi connectivity index (χ4v) is 3.60. The first-order valence-electron chi connectivity index (χ1n) is 9.46. The fraction of sp³-hybridized carbons (Fsp3) is 0.273. The lowest BCUT2D eigenvalue weighted by atomic mass is 9.96. The standard InChI is InChI=1S/C22H24N4O/c27-22(23-21-13-15-26(24-21)20-11-5-2-6-12-20)19-10-7-14-25(17-19)16-18-8-3-1-4-9-18/h1-6,8-9,11-13,15,19H,7,10,14,16-17H2,(H,23,24,27). The molecule has 1 aromatic heterocycles. The van der Waals surface area contributed by atoms with Crippen LogP contribution in [0, 0.1) is 5.92 Å². The normalized spacial score (nSPS) is 17.6. The molecule has 2 heterocycles. The van der Waals surface area contributed by atoms with E-state index in [2.05, 4.69) is 39.6 Å². The molecular formula is C22H24N4O. The molecule has 138 valence electrons. The summed E-state index contributed by atoms with van der Waals surface area (Å²) in [7, 11) is 0. The highest BCUT2D eigenvalue weighted by molar-refractivity contribution is 5.91. The lowest BCUT2D eigenvalue weighted by Crippen LogP contribution is -2.40. The molecule has 4 rings (SSSR count). The first-order valence-corrected chi connectivity index (χ1v) is 9.46. The van der Waals surface area contributed by atoms with Crippen LogP contribution in [-0.4, -0.2) is 33.7 Å². The predicted octanol–water partition coefficient (Wildman–Crippen LogP) is 3.72. The van der Waals surface area contributed by atoms with E-state index in [0.717, 1.165) is 38.2 Å². The number of carbonyl (C=O) groups is 1. The van der Waals surface area contributed by atoms with Crippen LogP contribution >= 0.6 is 0 Å². The molecule has 1 atom stereocenters. The summed E-state index contributed by atoms with van der Waals surface area (Å²) in [5, 5.41) is 7.46. The zero-order valence-corrected chi connectivity index (χ0v) is 15.3. The average molecular weight is 360 g/mol. The van der Waals surface area contributed by atoms with Crippen molar-refractivity contribution in [3.05, 3.63) is 78.5 Å². The van der Waals surface area contributed by atoms with Gasteiger partial charge >= 0.3 is 0 Å². The Labute approximate surface area is 159 Å². The van der Waals surface area contributed by atoms with Crippen molar-refractivity contribution in [3.63, 3.8) is 0 Å². The van der Waals surface area contributed by atoms with Gasteiger partial charge in [0.1, 0.15) is 0 Å². The maximum Gasteiger partial charge on any atom is 0.229 e. The van der Waals surface area contributed by atoms with Crippen molar-refractivity contribution in [3.8, 4) is 5.69 Å². The van der Waals surface area contributed by atoms with E-state index in [1.54, 1.807) is 4.68 Å². The molecule has 1 unspecified atom stereocenters. The highest BCUT2D eigenvalue weighted by Gasteiger charge is 2.26. The van der Waals surface area contributed by atoms with Gasteiger partial charge in [-0.05, 0) is 37.1 Å². The Kier molecular flexibility index (Phi) is 5.30. The van der Waals surface area contributed by atoms with Crippen molar-refractivity contribution in [1.82, 2.24) is 14.7 Å². The summed E-state index contributed by atoms with van der Waals surface area (Å²) in [6, 6.07) is 22.2. The maximum absolute atomic E-state index is 12.7. The summed E-state index contributed by atoms with van der Waals surface area (Å²) in [5.74, 6) is 0.666. The SMILES string of the molecule is O=C(Nc1ccn(-c2ccccc2)n1)C1CCCN(Cc2ccccc2)C1. The third kappa shape index (κ3) is 4.44. The summed E-state index contributed by atoms with van der Waals surface area (Å²) in [5.41, 5.74) is 2.27. The van der Waals surface area contributed by atoms with Gasteiger partial charge in [0.25, 0.3) is 0 Å². The third-order valence-corrected chi connectivity index (χ3v) is 4.99. The van der Waals surface area contributed by atoms with Crippen LogP contribution in [0.1, 0.15) is 18.4 Å². The first-order chi connectivity index (χ1) is 13.3. The van der Waals surface area contributed by atoms with Crippen LogP contribution in [0.5, 0.6) is 0 Å². The number of carbonyl (C=O) groups excluding carboxylic acids is 1. The first kappa shape index (κ1) is 17.5. The van der Waals surface area contributed by atoms with Crippen molar-refractivity contribution in [1.29, 1.82) is 0 Å². The van der Waals surface area contributed by atoms with Crippen LogP contribution in [-0.2, 0) is 11.3 Å². The molecule has 2 aromatic carbocycles. The van der Waals surface area contributed by atoms with E-state index in [4.69, 9.17) is 0 Å². The van der Waals surface area contributed by atoms with E-state index in [9.17, 15) is 4.79 Å². The van der Waals surface area contributed by atoms with E-state index >= 15 is 0 Å². The molecule has 5 nitrogen and oxygen atoms in total. The van der Waals surface area contributed by atoms with Gasteiger partial charge in [-0.25, -0.2) is 4.68 Å². The molecule has 0 aliphatic carbocycles. The van der Waals surface area contributed by atoms with Gasteiger partial charge in [-0.3, -0.25) is 9.69 Å². The quantitative estimate of drug-likeness (QED) is 0.754. The van der Waals surface area contributed by atoms with Crippen LogP contribution in [0.25, 0.3) is 5.69 Å². The van der Waals surface area contributed by atoms with Gasteiger partial charge < -0.3 is 5.32 Å². The number of anilines is 1. The molecule has 1 aliphatic rings. The number of hydrogen-bond acceptors (Lipinski definition) is 3. The summed E-state index contributed by atoms with van der Waals surface area (Å²) in [4.78, 5) is 15.1. The predicted molar refractivity (Wildman–Crippen MR) is 107 cm³/mol. The van der Waals surface area contributed by atoms with Gasteiger partial charge in [0.05, 0.1) is 11.6 Å². The lowest BCUT2D eigenvalue weighted by molar-refractivity contribution is -0.121. The number of amides is 1. The molecule has 5 heteroatoms. The van der Waals surface area contributed by atoms with E-state index in [0.29, 0.717) is 5.82 Å². The Morgan fingerprint density at radius 1 is 1.04 bits per heavy atom. The summed E-state index contributed by atoms with van der Waals surface area (Å²) in [6.45, 7) is 2.73. The molecule has 0 spiro atoms. The van der Waals surface area contributed by atoms with E-state index < -0.39 is 0 Å². The molecule has 1 saturated heterocycles. The minimum atomic E-state index is 0.00402. The highest BCUT2D eigenvalue weighted by atomic mass is 16.2. The second-order valence-electron chi connectivity index (χ2n) is 7.03. The fourth-order valence-electron chi connectivity index (χ4n) is 3.60. The van der Waals surface area contributed by atoms with Crippen LogP contribution in [0.4, 0.5) is 5.82 Å². The number of nitrogens with one attached hydrogen (secondary N) is 1. The number of aromatic nitrogens is 2. The van der Waals surface area contributed by atoms with Crippen LogP contribution < -0.4 is 5.32 Å². The second-order valence-corrected chi connectivity index (χ2v) is 7.03. The monoisotopic (exact) mass is 360 g/mol. The second kappa shape index (κ2) is 8.18. The zero-order valence-electron chi connectivity index (χ0n) is 15.3. The lowest BCUT2D eigenvalue weighted by Gasteiger charge is -2.31. The van der Waals surface area contributed by atoms with E-state index in [1.807, 2.05) is 48.7 Å². The molecule has 1 N–H and O–H groups in total. The molecule has 1 amide bonds. The van der Waals surface area contributed by atoms with Gasteiger partial charge in [-0.2, -0.15) is 5.10 Å². The Balaban J connectivity index is 1.36. The smallest absolute Gasteiger partial charge is 0.229 e. The number of hydrogen-bond donors (Lipinski definition) is 1. The number of nitrogens with zero attached hydrogens (tertiary/aromatic N) is 3. The van der Waals surface area contributed by atoms with Gasteiger partial charge in [0, 0.05) is 25.4 Å². The largest absolute Gasteiger partial charge is 0.309 e. The average Bonchev–Trinajstić information content (AvgIpc) is 3.18. The molecule has 27 heavy (non-hydrogen) atoms. The number of piperidine rings is 1. The summed E-state index contributed by atoms with van der Waals surface area (Å²) < 4.78 is 1.78. The topological polar surface area (TPSA) is 50.2 Å². The van der Waals surface area contributed by atoms with E-state index in [-0.39, 0.29) is 11.8 Å². The van der Waals surface area contributed by atoms with Gasteiger partial charge in [0.15, 0.2) is 5.82 Å². The summed E-state index contributed by atoms with van der Waals surface area (Å²) >= 11 is 0. The maximum atomic E-state index is 12.7.